The molecule has 0 spiro atoms. The van der Waals surface area contributed by atoms with E-state index in [1.165, 1.54) is 45.1 Å². The molecule has 2 unspecified atom stereocenters. The molecule has 3 nitrogen and oxygen atoms in total. The number of nitrogens with two attached hydrogens (primary N) is 1. The number of rotatable bonds is 7. The molecule has 2 N–H and O–H groups in total. The van der Waals surface area contributed by atoms with E-state index in [1.54, 1.807) is 7.11 Å². The Kier molecular flexibility index (Phi) is 5.93. The van der Waals surface area contributed by atoms with Gasteiger partial charge in [0.2, 0.25) is 0 Å². The molecule has 106 valence electrons. The molecule has 1 heterocycles. The SMILES string of the molecule is COCCCC(N)CN1CCCC1C1CCCC1. The standard InChI is InChI=1S/C15H30N2O/c1-18-11-5-8-14(16)12-17-10-4-9-15(17)13-6-2-3-7-13/h13-15H,2-12,16H2,1H3. The lowest BCUT2D eigenvalue weighted by atomic mass is 9.95. The van der Waals surface area contributed by atoms with Gasteiger partial charge < -0.3 is 10.5 Å². The Labute approximate surface area is 112 Å². The van der Waals surface area contributed by atoms with E-state index in [1.807, 2.05) is 0 Å². The molecule has 0 aromatic heterocycles. The van der Waals surface area contributed by atoms with Gasteiger partial charge in [-0.3, -0.25) is 4.90 Å². The highest BCUT2D eigenvalue weighted by molar-refractivity contribution is 4.88. The summed E-state index contributed by atoms with van der Waals surface area (Å²) in [7, 11) is 1.77. The van der Waals surface area contributed by atoms with Crippen LogP contribution in [-0.2, 0) is 4.74 Å². The van der Waals surface area contributed by atoms with Crippen LogP contribution in [0.3, 0.4) is 0 Å². The number of likely N-dealkylation sites (tertiary alicyclic amines) is 1. The third kappa shape index (κ3) is 3.94. The molecule has 1 saturated carbocycles. The Balaban J connectivity index is 1.73. The van der Waals surface area contributed by atoms with Crippen LogP contribution in [0.15, 0.2) is 0 Å². The van der Waals surface area contributed by atoms with Crippen molar-refractivity contribution in [2.24, 2.45) is 11.7 Å². The number of hydrogen-bond donors (Lipinski definition) is 1. The molecule has 3 heteroatoms. The summed E-state index contributed by atoms with van der Waals surface area (Å²) in [5.74, 6) is 0.971. The minimum atomic E-state index is 0.335. The van der Waals surface area contributed by atoms with Crippen LogP contribution in [0.1, 0.15) is 51.4 Å². The van der Waals surface area contributed by atoms with Crippen molar-refractivity contribution >= 4 is 0 Å². The van der Waals surface area contributed by atoms with Crippen molar-refractivity contribution < 1.29 is 4.74 Å². The predicted octanol–water partition coefficient (Wildman–Crippen LogP) is 2.39. The van der Waals surface area contributed by atoms with E-state index in [0.717, 1.165) is 38.0 Å². The van der Waals surface area contributed by atoms with Crippen LogP contribution in [0.4, 0.5) is 0 Å². The molecule has 18 heavy (non-hydrogen) atoms. The molecule has 0 amide bonds. The predicted molar refractivity (Wildman–Crippen MR) is 75.6 cm³/mol. The monoisotopic (exact) mass is 254 g/mol. The van der Waals surface area contributed by atoms with Gasteiger partial charge in [0.25, 0.3) is 0 Å². The maximum absolute atomic E-state index is 6.26. The normalized spacial score (nSPS) is 28.0. The smallest absolute Gasteiger partial charge is 0.0462 e. The maximum atomic E-state index is 6.26. The van der Waals surface area contributed by atoms with Gasteiger partial charge in [-0.15, -0.1) is 0 Å². The topological polar surface area (TPSA) is 38.5 Å². The van der Waals surface area contributed by atoms with E-state index in [9.17, 15) is 0 Å². The lowest BCUT2D eigenvalue weighted by molar-refractivity contribution is 0.166. The van der Waals surface area contributed by atoms with Gasteiger partial charge in [0.05, 0.1) is 0 Å². The molecular weight excluding hydrogens is 224 g/mol. The molecule has 1 aliphatic heterocycles. The molecule has 1 aliphatic carbocycles. The summed E-state index contributed by atoms with van der Waals surface area (Å²) in [6.07, 6.45) is 10.8. The van der Waals surface area contributed by atoms with Crippen molar-refractivity contribution in [1.82, 2.24) is 4.90 Å². The first-order valence-corrected chi connectivity index (χ1v) is 7.80. The van der Waals surface area contributed by atoms with Crippen molar-refractivity contribution in [3.63, 3.8) is 0 Å². The fraction of sp³-hybridized carbons (Fsp3) is 1.00. The van der Waals surface area contributed by atoms with Gasteiger partial charge in [0.15, 0.2) is 0 Å². The van der Waals surface area contributed by atoms with Crippen molar-refractivity contribution in [2.75, 3.05) is 26.8 Å². The van der Waals surface area contributed by atoms with Crippen LogP contribution in [-0.4, -0.2) is 43.8 Å². The van der Waals surface area contributed by atoms with Gasteiger partial charge >= 0.3 is 0 Å². The third-order valence-electron chi connectivity index (χ3n) is 4.75. The van der Waals surface area contributed by atoms with Crippen molar-refractivity contribution in [2.45, 2.75) is 63.5 Å². The summed E-state index contributed by atoms with van der Waals surface area (Å²) in [5, 5.41) is 0. The van der Waals surface area contributed by atoms with Gasteiger partial charge in [-0.25, -0.2) is 0 Å². The molecule has 0 radical (unpaired) electrons. The van der Waals surface area contributed by atoms with Crippen LogP contribution < -0.4 is 5.73 Å². The highest BCUT2D eigenvalue weighted by Crippen LogP contribution is 2.35. The van der Waals surface area contributed by atoms with Crippen LogP contribution in [0.2, 0.25) is 0 Å². The summed E-state index contributed by atoms with van der Waals surface area (Å²) in [6, 6.07) is 1.18. The molecular formula is C15H30N2O. The van der Waals surface area contributed by atoms with Crippen LogP contribution in [0, 0.1) is 5.92 Å². The minimum Gasteiger partial charge on any atom is -0.385 e. The van der Waals surface area contributed by atoms with E-state index in [4.69, 9.17) is 10.5 Å². The zero-order valence-electron chi connectivity index (χ0n) is 11.9. The van der Waals surface area contributed by atoms with Crippen LogP contribution in [0.5, 0.6) is 0 Å². The van der Waals surface area contributed by atoms with Crippen molar-refractivity contribution in [1.29, 1.82) is 0 Å². The summed E-state index contributed by atoms with van der Waals surface area (Å²) in [5.41, 5.74) is 6.26. The van der Waals surface area contributed by atoms with Gasteiger partial charge in [-0.05, 0) is 51.0 Å². The second kappa shape index (κ2) is 7.46. The molecule has 0 aromatic rings. The first-order valence-electron chi connectivity index (χ1n) is 7.80. The van der Waals surface area contributed by atoms with E-state index in [0.29, 0.717) is 6.04 Å². The van der Waals surface area contributed by atoms with E-state index in [2.05, 4.69) is 4.90 Å². The quantitative estimate of drug-likeness (QED) is 0.709. The Morgan fingerprint density at radius 1 is 1.22 bits per heavy atom. The molecule has 0 bridgehead atoms. The number of hydrogen-bond acceptors (Lipinski definition) is 3. The summed E-state index contributed by atoms with van der Waals surface area (Å²) < 4.78 is 5.10. The molecule has 0 aromatic carbocycles. The molecule has 2 fully saturated rings. The summed E-state index contributed by atoms with van der Waals surface area (Å²) in [4.78, 5) is 2.69. The Morgan fingerprint density at radius 3 is 2.72 bits per heavy atom. The number of ether oxygens (including phenoxy) is 1. The second-order valence-electron chi connectivity index (χ2n) is 6.14. The first kappa shape index (κ1) is 14.3. The third-order valence-corrected chi connectivity index (χ3v) is 4.75. The zero-order chi connectivity index (χ0) is 12.8. The second-order valence-corrected chi connectivity index (χ2v) is 6.14. The summed E-state index contributed by atoms with van der Waals surface area (Å²) in [6.45, 7) is 3.23. The maximum Gasteiger partial charge on any atom is 0.0462 e. The fourth-order valence-corrected chi connectivity index (χ4v) is 3.84. The van der Waals surface area contributed by atoms with Gasteiger partial charge in [-0.2, -0.15) is 0 Å². The van der Waals surface area contributed by atoms with E-state index in [-0.39, 0.29) is 0 Å². The number of nitrogens with zero attached hydrogens (tertiary/aromatic N) is 1. The largest absolute Gasteiger partial charge is 0.385 e. The molecule has 2 rings (SSSR count). The van der Waals surface area contributed by atoms with E-state index < -0.39 is 0 Å². The molecule has 2 atom stereocenters. The summed E-state index contributed by atoms with van der Waals surface area (Å²) >= 11 is 0. The van der Waals surface area contributed by atoms with Crippen LogP contribution >= 0.6 is 0 Å². The fourth-order valence-electron chi connectivity index (χ4n) is 3.84. The van der Waals surface area contributed by atoms with Crippen molar-refractivity contribution in [3.8, 4) is 0 Å². The van der Waals surface area contributed by atoms with Crippen LogP contribution in [0.25, 0.3) is 0 Å². The first-order chi connectivity index (χ1) is 8.81. The number of methoxy groups -OCH3 is 1. The van der Waals surface area contributed by atoms with Gasteiger partial charge in [0, 0.05) is 32.3 Å². The lowest BCUT2D eigenvalue weighted by Crippen LogP contribution is -2.42. The Hall–Kier alpha value is -0.120. The van der Waals surface area contributed by atoms with Crippen molar-refractivity contribution in [3.05, 3.63) is 0 Å². The van der Waals surface area contributed by atoms with Gasteiger partial charge in [0.1, 0.15) is 0 Å². The highest BCUT2D eigenvalue weighted by atomic mass is 16.5. The zero-order valence-corrected chi connectivity index (χ0v) is 11.9. The molecule has 1 saturated heterocycles. The Morgan fingerprint density at radius 2 is 2.00 bits per heavy atom. The lowest BCUT2D eigenvalue weighted by Gasteiger charge is -2.31. The highest BCUT2D eigenvalue weighted by Gasteiger charge is 2.33. The van der Waals surface area contributed by atoms with Gasteiger partial charge in [-0.1, -0.05) is 12.8 Å². The molecule has 2 aliphatic rings. The Bertz CT molecular complexity index is 229. The minimum absolute atomic E-state index is 0.335. The average molecular weight is 254 g/mol. The average Bonchev–Trinajstić information content (AvgIpc) is 2.99. The van der Waals surface area contributed by atoms with E-state index >= 15 is 0 Å².